The van der Waals surface area contributed by atoms with Crippen LogP contribution in [0.3, 0.4) is 0 Å². The predicted molar refractivity (Wildman–Crippen MR) is 179 cm³/mol. The van der Waals surface area contributed by atoms with Crippen LogP contribution in [0.4, 0.5) is 17.1 Å². The number of fused-ring (bicyclic) bond motifs is 1. The summed E-state index contributed by atoms with van der Waals surface area (Å²) in [6.07, 6.45) is 10.7. The van der Waals surface area contributed by atoms with E-state index in [0.717, 1.165) is 45.4 Å². The van der Waals surface area contributed by atoms with E-state index in [4.69, 9.17) is 14.5 Å². The molecule has 5 aromatic rings. The number of aromatic nitrogens is 1. The molecule has 0 aliphatic heterocycles. The fourth-order valence-electron chi connectivity index (χ4n) is 5.34. The molecule has 0 saturated carbocycles. The van der Waals surface area contributed by atoms with Gasteiger partial charge in [0.2, 0.25) is 0 Å². The molecule has 0 atom stereocenters. The van der Waals surface area contributed by atoms with Gasteiger partial charge in [-0.3, -0.25) is 0 Å². The summed E-state index contributed by atoms with van der Waals surface area (Å²) >= 11 is 0. The number of ether oxygens (including phenoxy) is 2. The van der Waals surface area contributed by atoms with Crippen LogP contribution in [0.2, 0.25) is 0 Å². The fraction of sp³-hybridized carbons (Fsp3) is 0.132. The Kier molecular flexibility index (Phi) is 8.23. The molecule has 1 aliphatic carbocycles. The first-order valence-corrected chi connectivity index (χ1v) is 14.7. The Hall–Kier alpha value is -5.29. The minimum atomic E-state index is 0.648. The van der Waals surface area contributed by atoms with Gasteiger partial charge in [-0.15, -0.1) is 0 Å². The smallest absolute Gasteiger partial charge is 0.119 e. The van der Waals surface area contributed by atoms with Crippen molar-refractivity contribution in [3.63, 3.8) is 0 Å². The summed E-state index contributed by atoms with van der Waals surface area (Å²) in [5.74, 6) is 1.72. The van der Waals surface area contributed by atoms with Gasteiger partial charge in [0.25, 0.3) is 0 Å². The van der Waals surface area contributed by atoms with E-state index in [1.165, 1.54) is 22.0 Å². The first-order valence-electron chi connectivity index (χ1n) is 14.7. The van der Waals surface area contributed by atoms with Gasteiger partial charge in [-0.05, 0) is 109 Å². The Labute approximate surface area is 253 Å². The van der Waals surface area contributed by atoms with Crippen LogP contribution < -0.4 is 14.8 Å². The molecule has 4 aromatic carbocycles. The third kappa shape index (κ3) is 6.31. The number of hydrogen-bond donors (Lipinski definition) is 1. The topological polar surface area (TPSA) is 47.8 Å². The van der Waals surface area contributed by atoms with E-state index in [1.807, 2.05) is 62.4 Å². The fourth-order valence-corrected chi connectivity index (χ4v) is 5.34. The highest BCUT2D eigenvalue weighted by Crippen LogP contribution is 2.36. The third-order valence-corrected chi connectivity index (χ3v) is 7.36. The highest BCUT2D eigenvalue weighted by atomic mass is 16.5. The van der Waals surface area contributed by atoms with E-state index in [2.05, 4.69) is 96.0 Å². The second kappa shape index (κ2) is 12.7. The molecule has 214 valence electrons. The first-order chi connectivity index (χ1) is 21.1. The standard InChI is InChI=1S/C38H35N3O2/c1-4-42-33-22-18-31(19-23-33)39-29-14-10-27(11-15-29)38(36-26-41(3)37-9-7-6-8-35(36)37)28-12-16-30(17-13-28)40-32-20-24-34(25-21-32)43-5-2/h6-26,39H,4-5H2,1-3H3. The molecular formula is C38H35N3O2. The lowest BCUT2D eigenvalue weighted by molar-refractivity contribution is 0.340. The number of benzene rings is 4. The zero-order chi connectivity index (χ0) is 29.6. The molecule has 0 radical (unpaired) electrons. The zero-order valence-electron chi connectivity index (χ0n) is 24.7. The molecule has 0 amide bonds. The summed E-state index contributed by atoms with van der Waals surface area (Å²) in [6, 6.07) is 33.1. The van der Waals surface area contributed by atoms with Crippen molar-refractivity contribution in [1.29, 1.82) is 0 Å². The molecule has 43 heavy (non-hydrogen) atoms. The molecule has 1 N–H and O–H groups in total. The summed E-state index contributed by atoms with van der Waals surface area (Å²) < 4.78 is 13.3. The van der Waals surface area contributed by atoms with Gasteiger partial charge in [-0.25, -0.2) is 4.99 Å². The summed E-state index contributed by atoms with van der Waals surface area (Å²) in [4.78, 5) is 4.82. The van der Waals surface area contributed by atoms with Gasteiger partial charge in [0.05, 0.1) is 24.6 Å². The number of aliphatic imine (C=N–C) groups is 1. The van der Waals surface area contributed by atoms with Gasteiger partial charge in [0.1, 0.15) is 11.5 Å². The SMILES string of the molecule is CCOc1ccc(N=C2C=CC(=C(c3ccc(Nc4ccc(OCC)cc4)cc3)c3cn(C)c4ccccc34)C=C2)cc1. The molecule has 1 heterocycles. The maximum atomic E-state index is 5.58. The number of para-hydroxylation sites is 1. The van der Waals surface area contributed by atoms with E-state index in [0.29, 0.717) is 13.2 Å². The summed E-state index contributed by atoms with van der Waals surface area (Å²) in [5, 5.41) is 4.73. The van der Waals surface area contributed by atoms with Gasteiger partial charge in [0, 0.05) is 41.1 Å². The maximum Gasteiger partial charge on any atom is 0.119 e. The number of aryl methyl sites for hydroxylation is 1. The molecule has 1 aromatic heterocycles. The minimum Gasteiger partial charge on any atom is -0.494 e. The average molecular weight is 566 g/mol. The molecule has 5 nitrogen and oxygen atoms in total. The van der Waals surface area contributed by atoms with Gasteiger partial charge >= 0.3 is 0 Å². The van der Waals surface area contributed by atoms with Crippen molar-refractivity contribution in [3.05, 3.63) is 144 Å². The number of hydrogen-bond acceptors (Lipinski definition) is 4. The predicted octanol–water partition coefficient (Wildman–Crippen LogP) is 9.42. The van der Waals surface area contributed by atoms with Crippen molar-refractivity contribution in [3.8, 4) is 11.5 Å². The highest BCUT2D eigenvalue weighted by molar-refractivity contribution is 6.09. The first kappa shape index (κ1) is 27.9. The molecular weight excluding hydrogens is 530 g/mol. The quantitative estimate of drug-likeness (QED) is 0.194. The Balaban J connectivity index is 1.33. The molecule has 0 spiro atoms. The minimum absolute atomic E-state index is 0.648. The van der Waals surface area contributed by atoms with Crippen LogP contribution in [-0.2, 0) is 7.05 Å². The van der Waals surface area contributed by atoms with E-state index in [9.17, 15) is 0 Å². The van der Waals surface area contributed by atoms with E-state index in [-0.39, 0.29) is 0 Å². The second-order valence-corrected chi connectivity index (χ2v) is 10.3. The van der Waals surface area contributed by atoms with E-state index in [1.54, 1.807) is 0 Å². The number of rotatable bonds is 9. The highest BCUT2D eigenvalue weighted by Gasteiger charge is 2.16. The largest absolute Gasteiger partial charge is 0.494 e. The van der Waals surface area contributed by atoms with Crippen LogP contribution in [0.15, 0.2) is 138 Å². The van der Waals surface area contributed by atoms with Crippen LogP contribution in [0.1, 0.15) is 25.0 Å². The van der Waals surface area contributed by atoms with Crippen molar-refractivity contribution >= 4 is 39.2 Å². The Bertz CT molecular complexity index is 1820. The van der Waals surface area contributed by atoms with Crippen LogP contribution >= 0.6 is 0 Å². The number of allylic oxidation sites excluding steroid dienone is 5. The van der Waals surface area contributed by atoms with Crippen LogP contribution in [0.25, 0.3) is 16.5 Å². The van der Waals surface area contributed by atoms with Crippen molar-refractivity contribution < 1.29 is 9.47 Å². The molecule has 5 heteroatoms. The van der Waals surface area contributed by atoms with Crippen LogP contribution in [-0.4, -0.2) is 23.5 Å². The normalized spacial score (nSPS) is 12.4. The summed E-state index contributed by atoms with van der Waals surface area (Å²) in [5.41, 5.74) is 9.68. The summed E-state index contributed by atoms with van der Waals surface area (Å²) in [6.45, 7) is 5.28. The van der Waals surface area contributed by atoms with Crippen molar-refractivity contribution in [2.75, 3.05) is 18.5 Å². The molecule has 1 aliphatic rings. The molecule has 0 unspecified atom stereocenters. The van der Waals surface area contributed by atoms with Gasteiger partial charge in [-0.1, -0.05) is 42.5 Å². The Morgan fingerprint density at radius 3 is 1.91 bits per heavy atom. The third-order valence-electron chi connectivity index (χ3n) is 7.36. The van der Waals surface area contributed by atoms with Crippen LogP contribution in [0, 0.1) is 0 Å². The Morgan fingerprint density at radius 2 is 1.28 bits per heavy atom. The van der Waals surface area contributed by atoms with Crippen molar-refractivity contribution in [2.45, 2.75) is 13.8 Å². The lowest BCUT2D eigenvalue weighted by atomic mass is 9.90. The van der Waals surface area contributed by atoms with E-state index < -0.39 is 0 Å². The van der Waals surface area contributed by atoms with Gasteiger partial charge in [0.15, 0.2) is 0 Å². The second-order valence-electron chi connectivity index (χ2n) is 10.3. The monoisotopic (exact) mass is 565 g/mol. The molecule has 0 saturated heterocycles. The van der Waals surface area contributed by atoms with Crippen molar-refractivity contribution in [2.24, 2.45) is 12.0 Å². The lowest BCUT2D eigenvalue weighted by Gasteiger charge is -2.15. The average Bonchev–Trinajstić information content (AvgIpc) is 3.37. The molecule has 0 fully saturated rings. The van der Waals surface area contributed by atoms with E-state index >= 15 is 0 Å². The zero-order valence-corrected chi connectivity index (χ0v) is 24.7. The van der Waals surface area contributed by atoms with Crippen LogP contribution in [0.5, 0.6) is 11.5 Å². The maximum absolute atomic E-state index is 5.58. The number of nitrogens with one attached hydrogen (secondary N) is 1. The van der Waals surface area contributed by atoms with Crippen molar-refractivity contribution in [1.82, 2.24) is 4.57 Å². The summed E-state index contributed by atoms with van der Waals surface area (Å²) in [7, 11) is 2.10. The number of anilines is 2. The Morgan fingerprint density at radius 1 is 0.698 bits per heavy atom. The lowest BCUT2D eigenvalue weighted by Crippen LogP contribution is -1.98. The van der Waals surface area contributed by atoms with Gasteiger partial charge in [-0.2, -0.15) is 0 Å². The molecule has 0 bridgehead atoms. The molecule has 6 rings (SSSR count). The number of nitrogens with zero attached hydrogens (tertiary/aromatic N) is 2. The van der Waals surface area contributed by atoms with Gasteiger partial charge < -0.3 is 19.4 Å².